The summed E-state index contributed by atoms with van der Waals surface area (Å²) in [5.41, 5.74) is 0.971. The molecule has 0 aliphatic carbocycles. The van der Waals surface area contributed by atoms with Crippen molar-refractivity contribution in [3.8, 4) is 0 Å². The minimum absolute atomic E-state index is 0.0448. The Morgan fingerprint density at radius 3 is 2.16 bits per heavy atom. The van der Waals surface area contributed by atoms with Crippen LogP contribution in [0.4, 0.5) is 0 Å². The molecule has 2 aliphatic heterocycles. The summed E-state index contributed by atoms with van der Waals surface area (Å²) in [6, 6.07) is 12.2. The fourth-order valence-electron chi connectivity index (χ4n) is 5.52. The molecule has 4 rings (SSSR count). The number of piperidine rings is 2. The van der Waals surface area contributed by atoms with Gasteiger partial charge in [-0.2, -0.15) is 0 Å². The Kier molecular flexibility index (Phi) is 8.41. The molecular formula is C28H32Cl3N3O3. The van der Waals surface area contributed by atoms with Gasteiger partial charge in [-0.05, 0) is 61.2 Å². The van der Waals surface area contributed by atoms with Crippen molar-refractivity contribution < 1.29 is 14.4 Å². The number of hydrogen-bond acceptors (Lipinski definition) is 3. The molecule has 2 saturated heterocycles. The van der Waals surface area contributed by atoms with Gasteiger partial charge in [-0.25, -0.2) is 0 Å². The standard InChI is InChI=1S/C28H32Cl3N3O3/c1-18(35)33-14-11-28(2,12-15-33)27(37)34-13-10-25(22(17-34)20-6-9-23(30)24(31)16-20)32(3)26(36)19-4-7-21(29)8-5-19/h4-9,16,22,25H,10-15,17H2,1-3H3/t22-,25+/m0/s1. The van der Waals surface area contributed by atoms with Crippen molar-refractivity contribution in [1.82, 2.24) is 14.7 Å². The number of likely N-dealkylation sites (N-methyl/N-ethyl adjacent to an activating group) is 1. The third-order valence-electron chi connectivity index (χ3n) is 7.97. The van der Waals surface area contributed by atoms with E-state index in [1.54, 1.807) is 47.1 Å². The predicted molar refractivity (Wildman–Crippen MR) is 147 cm³/mol. The first-order chi connectivity index (χ1) is 17.5. The minimum atomic E-state index is -0.522. The van der Waals surface area contributed by atoms with E-state index >= 15 is 0 Å². The summed E-state index contributed by atoms with van der Waals surface area (Å²) in [7, 11) is 1.81. The van der Waals surface area contributed by atoms with Crippen LogP contribution < -0.4 is 0 Å². The molecule has 6 nitrogen and oxygen atoms in total. The maximum atomic E-state index is 13.8. The van der Waals surface area contributed by atoms with Gasteiger partial charge in [0.2, 0.25) is 11.8 Å². The molecule has 2 fully saturated rings. The number of amides is 3. The molecule has 0 unspecified atom stereocenters. The van der Waals surface area contributed by atoms with E-state index in [1.807, 2.05) is 31.0 Å². The Hall–Kier alpha value is -2.28. The summed E-state index contributed by atoms with van der Waals surface area (Å²) in [6.07, 6.45) is 1.90. The molecule has 2 aliphatic rings. The van der Waals surface area contributed by atoms with E-state index in [4.69, 9.17) is 34.8 Å². The number of hydrogen-bond donors (Lipinski definition) is 0. The molecule has 0 saturated carbocycles. The van der Waals surface area contributed by atoms with Gasteiger partial charge in [0, 0.05) is 68.1 Å². The van der Waals surface area contributed by atoms with Gasteiger partial charge in [-0.15, -0.1) is 0 Å². The lowest BCUT2D eigenvalue weighted by Crippen LogP contribution is -2.56. The second-order valence-electron chi connectivity index (χ2n) is 10.4. The normalized spacial score (nSPS) is 21.5. The van der Waals surface area contributed by atoms with Gasteiger partial charge in [0.25, 0.3) is 5.91 Å². The van der Waals surface area contributed by atoms with Crippen LogP contribution in [0.15, 0.2) is 42.5 Å². The summed E-state index contributed by atoms with van der Waals surface area (Å²) in [5.74, 6) is -0.0982. The van der Waals surface area contributed by atoms with Crippen molar-refractivity contribution >= 4 is 52.5 Å². The maximum Gasteiger partial charge on any atom is 0.253 e. The number of halogens is 3. The van der Waals surface area contributed by atoms with E-state index in [9.17, 15) is 14.4 Å². The van der Waals surface area contributed by atoms with Crippen LogP contribution in [0.5, 0.6) is 0 Å². The first-order valence-corrected chi connectivity index (χ1v) is 13.7. The lowest BCUT2D eigenvalue weighted by Gasteiger charge is -2.46. The molecule has 2 atom stereocenters. The van der Waals surface area contributed by atoms with E-state index in [0.29, 0.717) is 66.1 Å². The van der Waals surface area contributed by atoms with Crippen molar-refractivity contribution in [2.45, 2.75) is 45.1 Å². The van der Waals surface area contributed by atoms with E-state index in [1.165, 1.54) is 0 Å². The quantitative estimate of drug-likeness (QED) is 0.475. The highest BCUT2D eigenvalue weighted by molar-refractivity contribution is 6.42. The van der Waals surface area contributed by atoms with Gasteiger partial charge in [-0.1, -0.05) is 47.8 Å². The molecule has 3 amide bonds. The summed E-state index contributed by atoms with van der Waals surface area (Å²) < 4.78 is 0. The van der Waals surface area contributed by atoms with E-state index in [-0.39, 0.29) is 29.7 Å². The highest BCUT2D eigenvalue weighted by Gasteiger charge is 2.44. The largest absolute Gasteiger partial charge is 0.343 e. The van der Waals surface area contributed by atoms with Gasteiger partial charge >= 0.3 is 0 Å². The van der Waals surface area contributed by atoms with E-state index in [2.05, 4.69) is 0 Å². The van der Waals surface area contributed by atoms with Gasteiger partial charge in [0.15, 0.2) is 0 Å². The molecule has 2 aromatic rings. The number of carbonyl (C=O) groups is 3. The topological polar surface area (TPSA) is 60.9 Å². The smallest absolute Gasteiger partial charge is 0.253 e. The van der Waals surface area contributed by atoms with Crippen LogP contribution in [0.1, 0.15) is 54.9 Å². The summed E-state index contributed by atoms with van der Waals surface area (Å²) >= 11 is 18.6. The van der Waals surface area contributed by atoms with E-state index in [0.717, 1.165) is 5.56 Å². The Morgan fingerprint density at radius 2 is 1.57 bits per heavy atom. The fraction of sp³-hybridized carbons (Fsp3) is 0.464. The van der Waals surface area contributed by atoms with Crippen LogP contribution in [-0.2, 0) is 9.59 Å². The number of likely N-dealkylation sites (tertiary alicyclic amines) is 2. The second-order valence-corrected chi connectivity index (χ2v) is 11.6. The molecule has 0 bridgehead atoms. The molecule has 0 N–H and O–H groups in total. The van der Waals surface area contributed by atoms with Crippen LogP contribution >= 0.6 is 34.8 Å². The Morgan fingerprint density at radius 1 is 0.919 bits per heavy atom. The first kappa shape index (κ1) is 27.7. The highest BCUT2D eigenvalue weighted by Crippen LogP contribution is 2.38. The predicted octanol–water partition coefficient (Wildman–Crippen LogP) is 5.75. The minimum Gasteiger partial charge on any atom is -0.343 e. The van der Waals surface area contributed by atoms with Crippen LogP contribution in [0.3, 0.4) is 0 Å². The van der Waals surface area contributed by atoms with Crippen molar-refractivity contribution in [2.24, 2.45) is 5.41 Å². The fourth-order valence-corrected chi connectivity index (χ4v) is 5.95. The van der Waals surface area contributed by atoms with Crippen LogP contribution in [-0.4, -0.2) is 71.7 Å². The van der Waals surface area contributed by atoms with Gasteiger partial charge in [-0.3, -0.25) is 14.4 Å². The molecule has 2 aromatic carbocycles. The number of carbonyl (C=O) groups excluding carboxylic acids is 3. The van der Waals surface area contributed by atoms with Crippen molar-refractivity contribution in [3.63, 3.8) is 0 Å². The van der Waals surface area contributed by atoms with Crippen LogP contribution in [0.25, 0.3) is 0 Å². The van der Waals surface area contributed by atoms with E-state index < -0.39 is 5.41 Å². The van der Waals surface area contributed by atoms with Crippen molar-refractivity contribution in [1.29, 1.82) is 0 Å². The molecule has 9 heteroatoms. The molecular weight excluding hydrogens is 533 g/mol. The lowest BCUT2D eigenvalue weighted by molar-refractivity contribution is -0.148. The zero-order valence-electron chi connectivity index (χ0n) is 21.3. The Labute approximate surface area is 233 Å². The summed E-state index contributed by atoms with van der Waals surface area (Å²) in [6.45, 7) is 5.75. The van der Waals surface area contributed by atoms with Crippen LogP contribution in [0, 0.1) is 5.41 Å². The second kappa shape index (κ2) is 11.2. The monoisotopic (exact) mass is 563 g/mol. The average Bonchev–Trinajstić information content (AvgIpc) is 2.89. The van der Waals surface area contributed by atoms with Gasteiger partial charge in [0.1, 0.15) is 0 Å². The van der Waals surface area contributed by atoms with Gasteiger partial charge in [0.05, 0.1) is 10.0 Å². The zero-order valence-corrected chi connectivity index (χ0v) is 23.6. The average molecular weight is 565 g/mol. The molecule has 2 heterocycles. The number of rotatable bonds is 4. The Bertz CT molecular complexity index is 1180. The molecule has 0 spiro atoms. The highest BCUT2D eigenvalue weighted by atomic mass is 35.5. The summed E-state index contributed by atoms with van der Waals surface area (Å²) in [5, 5.41) is 1.47. The SMILES string of the molecule is CC(=O)N1CCC(C)(C(=O)N2CC[C@@H](N(C)C(=O)c3ccc(Cl)cc3)[C@H](c3ccc(Cl)c(Cl)c3)C2)CC1. The Balaban J connectivity index is 1.58. The molecule has 0 radical (unpaired) electrons. The lowest BCUT2D eigenvalue weighted by atomic mass is 9.77. The third-order valence-corrected chi connectivity index (χ3v) is 8.96. The zero-order chi connectivity index (χ0) is 26.9. The number of nitrogens with zero attached hydrogens (tertiary/aromatic N) is 3. The third kappa shape index (κ3) is 5.92. The summed E-state index contributed by atoms with van der Waals surface area (Å²) in [4.78, 5) is 44.4. The molecule has 0 aromatic heterocycles. The maximum absolute atomic E-state index is 13.8. The van der Waals surface area contributed by atoms with Crippen molar-refractivity contribution in [2.75, 3.05) is 33.2 Å². The number of benzene rings is 2. The molecule has 198 valence electrons. The molecule has 37 heavy (non-hydrogen) atoms. The van der Waals surface area contributed by atoms with Crippen molar-refractivity contribution in [3.05, 3.63) is 68.7 Å². The van der Waals surface area contributed by atoms with Crippen LogP contribution in [0.2, 0.25) is 15.1 Å². The van der Waals surface area contributed by atoms with Gasteiger partial charge < -0.3 is 14.7 Å². The first-order valence-electron chi connectivity index (χ1n) is 12.5.